The van der Waals surface area contributed by atoms with Gasteiger partial charge in [0.15, 0.2) is 4.34 Å². The van der Waals surface area contributed by atoms with Crippen LogP contribution in [0.3, 0.4) is 0 Å². The molecule has 2 aromatic carbocycles. The van der Waals surface area contributed by atoms with Crippen LogP contribution in [0.25, 0.3) is 0 Å². The van der Waals surface area contributed by atoms with Gasteiger partial charge >= 0.3 is 0 Å². The monoisotopic (exact) mass is 482 g/mol. The Hall–Kier alpha value is -2.33. The van der Waals surface area contributed by atoms with Crippen LogP contribution in [0.2, 0.25) is 10.0 Å². The number of hydrogen-bond donors (Lipinski definition) is 2. The lowest BCUT2D eigenvalue weighted by Gasteiger charge is -2.10. The van der Waals surface area contributed by atoms with E-state index < -0.39 is 5.91 Å². The van der Waals surface area contributed by atoms with Gasteiger partial charge < -0.3 is 10.1 Å². The quantitative estimate of drug-likeness (QED) is 0.337. The number of hydrogen-bond acceptors (Lipinski definition) is 7. The van der Waals surface area contributed by atoms with E-state index in [4.69, 9.17) is 27.9 Å². The van der Waals surface area contributed by atoms with Gasteiger partial charge in [-0.1, -0.05) is 58.4 Å². The molecule has 1 aromatic heterocycles. The Morgan fingerprint density at radius 1 is 1.13 bits per heavy atom. The average molecular weight is 483 g/mol. The molecule has 30 heavy (non-hydrogen) atoms. The van der Waals surface area contributed by atoms with Gasteiger partial charge in [0.05, 0.1) is 28.6 Å². The Balaban J connectivity index is 1.54. The van der Waals surface area contributed by atoms with Crippen LogP contribution < -0.4 is 15.4 Å². The van der Waals surface area contributed by atoms with Crippen LogP contribution in [-0.4, -0.2) is 34.4 Å². The molecule has 2 N–H and O–H groups in total. The first kappa shape index (κ1) is 22.4. The number of anilines is 2. The van der Waals surface area contributed by atoms with E-state index in [-0.39, 0.29) is 22.2 Å². The van der Waals surface area contributed by atoms with Crippen LogP contribution in [0, 0.1) is 0 Å². The fraction of sp³-hybridized carbons (Fsp3) is 0.158. The molecule has 0 saturated heterocycles. The number of carbonyl (C=O) groups excluding carboxylic acids is 2. The molecular weight excluding hydrogens is 467 g/mol. The summed E-state index contributed by atoms with van der Waals surface area (Å²) < 4.78 is 6.04. The van der Waals surface area contributed by atoms with Crippen molar-refractivity contribution in [1.82, 2.24) is 10.2 Å². The summed E-state index contributed by atoms with van der Waals surface area (Å²) in [5, 5.41) is 14.3. The maximum atomic E-state index is 12.3. The second kappa shape index (κ2) is 10.6. The third-order valence-electron chi connectivity index (χ3n) is 3.59. The Kier molecular flexibility index (Phi) is 7.92. The Morgan fingerprint density at radius 2 is 1.93 bits per heavy atom. The van der Waals surface area contributed by atoms with Crippen molar-refractivity contribution in [3.05, 3.63) is 58.1 Å². The summed E-state index contributed by atoms with van der Waals surface area (Å²) in [5.74, 6) is 0.113. The van der Waals surface area contributed by atoms with Crippen LogP contribution in [0.5, 0.6) is 5.75 Å². The summed E-state index contributed by atoms with van der Waals surface area (Å²) in [4.78, 5) is 24.6. The average Bonchev–Trinajstić information content (AvgIpc) is 3.15. The SMILES string of the molecule is CCOc1ccccc1NC(=O)CSc1nnc(NC(=O)c2ccc(Cl)cc2Cl)s1. The first-order valence-corrected chi connectivity index (χ1v) is 11.3. The number of aromatic nitrogens is 2. The highest BCUT2D eigenvalue weighted by molar-refractivity contribution is 8.01. The third kappa shape index (κ3) is 6.09. The number of thioether (sulfide) groups is 1. The van der Waals surface area contributed by atoms with E-state index in [9.17, 15) is 9.59 Å². The van der Waals surface area contributed by atoms with Gasteiger partial charge in [0.2, 0.25) is 11.0 Å². The standard InChI is InChI=1S/C19H16Cl2N4O3S2/c1-2-28-15-6-4-3-5-14(15)22-16(26)10-29-19-25-24-18(30-19)23-17(27)12-8-7-11(20)9-13(12)21/h3-9H,2,10H2,1H3,(H,22,26)(H,23,24,27). The molecule has 0 saturated carbocycles. The number of para-hydroxylation sites is 2. The van der Waals surface area contributed by atoms with Gasteiger partial charge in [0, 0.05) is 5.02 Å². The van der Waals surface area contributed by atoms with E-state index in [1.807, 2.05) is 19.1 Å². The zero-order valence-corrected chi connectivity index (χ0v) is 18.8. The normalized spacial score (nSPS) is 10.5. The minimum Gasteiger partial charge on any atom is -0.492 e. The van der Waals surface area contributed by atoms with Gasteiger partial charge in [0.25, 0.3) is 5.91 Å². The number of halogens is 2. The van der Waals surface area contributed by atoms with Gasteiger partial charge in [-0.15, -0.1) is 10.2 Å². The molecule has 3 rings (SSSR count). The molecule has 1 heterocycles. The summed E-state index contributed by atoms with van der Waals surface area (Å²) >= 11 is 14.3. The largest absolute Gasteiger partial charge is 0.492 e. The van der Waals surface area contributed by atoms with E-state index in [0.717, 1.165) is 11.3 Å². The molecule has 7 nitrogen and oxygen atoms in total. The van der Waals surface area contributed by atoms with Gasteiger partial charge in [-0.05, 0) is 37.3 Å². The number of nitrogens with zero attached hydrogens (tertiary/aromatic N) is 2. The van der Waals surface area contributed by atoms with Crippen molar-refractivity contribution in [2.75, 3.05) is 23.0 Å². The van der Waals surface area contributed by atoms with Crippen molar-refractivity contribution in [3.8, 4) is 5.75 Å². The number of rotatable bonds is 8. The zero-order chi connectivity index (χ0) is 21.5. The molecule has 0 bridgehead atoms. The molecule has 0 unspecified atom stereocenters. The molecule has 0 radical (unpaired) electrons. The third-order valence-corrected chi connectivity index (χ3v) is 6.11. The molecular formula is C19H16Cl2N4O3S2. The van der Waals surface area contributed by atoms with Crippen molar-refractivity contribution in [1.29, 1.82) is 0 Å². The van der Waals surface area contributed by atoms with Crippen molar-refractivity contribution in [2.45, 2.75) is 11.3 Å². The summed E-state index contributed by atoms with van der Waals surface area (Å²) in [5.41, 5.74) is 0.882. The minimum atomic E-state index is -0.422. The number of ether oxygens (including phenoxy) is 1. The predicted octanol–water partition coefficient (Wildman–Crippen LogP) is 5.23. The second-order valence-corrected chi connectivity index (χ2v) is 8.76. The lowest BCUT2D eigenvalue weighted by molar-refractivity contribution is -0.113. The molecule has 0 aliphatic heterocycles. The van der Waals surface area contributed by atoms with Crippen molar-refractivity contribution in [3.63, 3.8) is 0 Å². The Labute approximate surface area is 191 Å². The summed E-state index contributed by atoms with van der Waals surface area (Å²) in [6.45, 7) is 2.38. The van der Waals surface area contributed by atoms with Gasteiger partial charge in [-0.25, -0.2) is 0 Å². The van der Waals surface area contributed by atoms with Crippen molar-refractivity contribution < 1.29 is 14.3 Å². The Bertz CT molecular complexity index is 1060. The topological polar surface area (TPSA) is 93.2 Å². The second-order valence-electron chi connectivity index (χ2n) is 5.72. The van der Waals surface area contributed by atoms with E-state index >= 15 is 0 Å². The number of amides is 2. The van der Waals surface area contributed by atoms with E-state index in [1.54, 1.807) is 18.2 Å². The molecule has 11 heteroatoms. The van der Waals surface area contributed by atoms with Crippen LogP contribution >= 0.6 is 46.3 Å². The molecule has 0 aliphatic carbocycles. The summed E-state index contributed by atoms with van der Waals surface area (Å²) in [6.07, 6.45) is 0. The summed E-state index contributed by atoms with van der Waals surface area (Å²) in [6, 6.07) is 11.8. The molecule has 2 amide bonds. The highest BCUT2D eigenvalue weighted by Gasteiger charge is 2.15. The predicted molar refractivity (Wildman–Crippen MR) is 121 cm³/mol. The van der Waals surface area contributed by atoms with Gasteiger partial charge in [-0.2, -0.15) is 0 Å². The Morgan fingerprint density at radius 3 is 2.70 bits per heavy atom. The van der Waals surface area contributed by atoms with Crippen LogP contribution in [0.15, 0.2) is 46.8 Å². The molecule has 156 valence electrons. The highest BCUT2D eigenvalue weighted by atomic mass is 35.5. The number of benzene rings is 2. The highest BCUT2D eigenvalue weighted by Crippen LogP contribution is 2.28. The molecule has 0 atom stereocenters. The zero-order valence-electron chi connectivity index (χ0n) is 15.6. The molecule has 0 aliphatic rings. The van der Waals surface area contributed by atoms with Crippen LogP contribution in [-0.2, 0) is 4.79 Å². The fourth-order valence-electron chi connectivity index (χ4n) is 2.32. The lowest BCUT2D eigenvalue weighted by atomic mass is 10.2. The fourth-order valence-corrected chi connectivity index (χ4v) is 4.36. The van der Waals surface area contributed by atoms with E-state index in [0.29, 0.717) is 32.5 Å². The minimum absolute atomic E-state index is 0.131. The lowest BCUT2D eigenvalue weighted by Crippen LogP contribution is -2.14. The maximum absolute atomic E-state index is 12.3. The summed E-state index contributed by atoms with van der Waals surface area (Å²) in [7, 11) is 0. The van der Waals surface area contributed by atoms with E-state index in [2.05, 4.69) is 20.8 Å². The van der Waals surface area contributed by atoms with Crippen LogP contribution in [0.1, 0.15) is 17.3 Å². The van der Waals surface area contributed by atoms with Crippen molar-refractivity contribution in [2.24, 2.45) is 0 Å². The van der Waals surface area contributed by atoms with Crippen molar-refractivity contribution >= 4 is 68.9 Å². The van der Waals surface area contributed by atoms with Crippen LogP contribution in [0.4, 0.5) is 10.8 Å². The molecule has 0 fully saturated rings. The molecule has 3 aromatic rings. The number of nitrogens with one attached hydrogen (secondary N) is 2. The first-order chi connectivity index (χ1) is 14.5. The molecule has 0 spiro atoms. The van der Waals surface area contributed by atoms with Gasteiger partial charge in [-0.3, -0.25) is 14.9 Å². The maximum Gasteiger partial charge on any atom is 0.259 e. The van der Waals surface area contributed by atoms with E-state index in [1.165, 1.54) is 23.9 Å². The first-order valence-electron chi connectivity index (χ1n) is 8.70. The number of carbonyl (C=O) groups is 2. The van der Waals surface area contributed by atoms with Gasteiger partial charge in [0.1, 0.15) is 5.75 Å². The smallest absolute Gasteiger partial charge is 0.259 e.